The summed E-state index contributed by atoms with van der Waals surface area (Å²) in [5.74, 6) is -2.64. The zero-order valence-electron chi connectivity index (χ0n) is 33.4. The number of ether oxygens (including phenoxy) is 4. The molecule has 0 bridgehead atoms. The van der Waals surface area contributed by atoms with Gasteiger partial charge >= 0.3 is 6.09 Å². The first-order valence-electron chi connectivity index (χ1n) is 20.6. The summed E-state index contributed by atoms with van der Waals surface area (Å²) in [5.41, 5.74) is -0.174. The fourth-order valence-electron chi connectivity index (χ4n) is 8.94. The molecular formula is C42H52ClF2N4O9P. The molecule has 6 atom stereocenters. The summed E-state index contributed by atoms with van der Waals surface area (Å²) < 4.78 is 67.6. The molecule has 320 valence electrons. The first kappa shape index (κ1) is 42.9. The van der Waals surface area contributed by atoms with Crippen LogP contribution in [0.3, 0.4) is 0 Å². The van der Waals surface area contributed by atoms with Crippen LogP contribution in [0.5, 0.6) is 17.4 Å². The van der Waals surface area contributed by atoms with E-state index in [0.717, 1.165) is 57.1 Å². The van der Waals surface area contributed by atoms with Crippen LogP contribution < -0.4 is 24.8 Å². The van der Waals surface area contributed by atoms with E-state index < -0.39 is 78.0 Å². The highest BCUT2D eigenvalue weighted by Gasteiger charge is 2.66. The minimum absolute atomic E-state index is 0.0348. The van der Waals surface area contributed by atoms with Crippen molar-refractivity contribution in [3.63, 3.8) is 0 Å². The largest absolute Gasteiger partial charge is 0.495 e. The van der Waals surface area contributed by atoms with Gasteiger partial charge in [0.15, 0.2) is 0 Å². The smallest absolute Gasteiger partial charge is 0.408 e. The van der Waals surface area contributed by atoms with E-state index in [1.165, 1.54) is 18.1 Å². The van der Waals surface area contributed by atoms with Crippen LogP contribution in [0.15, 0.2) is 36.4 Å². The minimum Gasteiger partial charge on any atom is -0.495 e. The number of nitrogens with zero attached hydrogens (tertiary/aromatic N) is 2. The molecule has 13 nitrogen and oxygen atoms in total. The van der Waals surface area contributed by atoms with Crippen molar-refractivity contribution in [2.45, 2.75) is 126 Å². The second kappa shape index (κ2) is 18.2. The van der Waals surface area contributed by atoms with Gasteiger partial charge in [-0.3, -0.25) is 14.2 Å². The number of carbonyl (C=O) groups excluding carboxylic acids is 3. The number of halogens is 3. The van der Waals surface area contributed by atoms with E-state index in [9.17, 15) is 32.6 Å². The van der Waals surface area contributed by atoms with Crippen molar-refractivity contribution in [2.75, 3.05) is 20.3 Å². The van der Waals surface area contributed by atoms with Crippen LogP contribution in [-0.2, 0) is 25.1 Å². The van der Waals surface area contributed by atoms with Gasteiger partial charge < -0.3 is 39.4 Å². The SMILES string of the molecule is CCOc1cc(OC2C[C@H]3C(=O)N[C@]4(P(=O)(O)Cc5c(F)cccc5F)C[C@H]4CCCCCCC[C@H](NC(=O)OC4CCCC4)C(=O)N3C2)c2ccc(OC)c(Cl)c2n1. The molecule has 4 aliphatic rings. The Bertz CT molecular complexity index is 2090. The summed E-state index contributed by atoms with van der Waals surface area (Å²) >= 11 is 6.68. The molecule has 17 heteroatoms. The molecule has 3 N–H and O–H groups in total. The number of hydrogen-bond acceptors (Lipinski definition) is 9. The number of amides is 3. The monoisotopic (exact) mass is 860 g/mol. The predicted molar refractivity (Wildman–Crippen MR) is 216 cm³/mol. The summed E-state index contributed by atoms with van der Waals surface area (Å²) in [7, 11) is -3.05. The number of rotatable bonds is 10. The van der Waals surface area contributed by atoms with Crippen LogP contribution >= 0.6 is 19.0 Å². The third kappa shape index (κ3) is 9.27. The van der Waals surface area contributed by atoms with Crippen molar-refractivity contribution < 1.29 is 51.6 Å². The lowest BCUT2D eigenvalue weighted by molar-refractivity contribution is -0.140. The second-order valence-electron chi connectivity index (χ2n) is 16.1. The molecule has 2 saturated carbocycles. The van der Waals surface area contributed by atoms with Gasteiger partial charge in [0.2, 0.25) is 25.1 Å². The molecule has 2 aromatic carbocycles. The number of aromatic nitrogens is 1. The molecule has 0 radical (unpaired) electrons. The van der Waals surface area contributed by atoms with Crippen LogP contribution in [0.25, 0.3) is 10.9 Å². The highest BCUT2D eigenvalue weighted by atomic mass is 35.5. The van der Waals surface area contributed by atoms with Crippen LogP contribution in [0.1, 0.15) is 96.0 Å². The molecule has 3 amide bonds. The van der Waals surface area contributed by atoms with Crippen molar-refractivity contribution in [1.82, 2.24) is 20.5 Å². The zero-order chi connectivity index (χ0) is 41.9. The Morgan fingerprint density at radius 2 is 1.71 bits per heavy atom. The first-order valence-corrected chi connectivity index (χ1v) is 22.9. The summed E-state index contributed by atoms with van der Waals surface area (Å²) in [5, 5.41) is 4.76. The maximum atomic E-state index is 14.9. The molecule has 59 heavy (non-hydrogen) atoms. The van der Waals surface area contributed by atoms with Gasteiger partial charge in [-0.2, -0.15) is 0 Å². The van der Waals surface area contributed by atoms with E-state index in [1.807, 2.05) is 0 Å². The molecule has 3 heterocycles. The molecule has 2 saturated heterocycles. The van der Waals surface area contributed by atoms with E-state index in [-0.39, 0.29) is 36.4 Å². The Kier molecular flexibility index (Phi) is 13.2. The van der Waals surface area contributed by atoms with Gasteiger partial charge in [0.05, 0.1) is 26.4 Å². The number of alkyl carbamates (subject to hydrolysis) is 1. The number of hydrogen-bond donors (Lipinski definition) is 3. The number of fused-ring (bicyclic) bond motifs is 3. The number of nitrogens with one attached hydrogen (secondary N) is 2. The van der Waals surface area contributed by atoms with Gasteiger partial charge in [0.1, 0.15) is 63.2 Å². The van der Waals surface area contributed by atoms with Gasteiger partial charge in [-0.05, 0) is 82.1 Å². The fraction of sp³-hybridized carbons (Fsp3) is 0.571. The number of methoxy groups -OCH3 is 1. The lowest BCUT2D eigenvalue weighted by Crippen LogP contribution is -2.55. The van der Waals surface area contributed by atoms with Crippen molar-refractivity contribution in [1.29, 1.82) is 0 Å². The lowest BCUT2D eigenvalue weighted by atomic mass is 10.0. The predicted octanol–water partition coefficient (Wildman–Crippen LogP) is 8.01. The van der Waals surface area contributed by atoms with E-state index in [4.69, 9.17) is 30.5 Å². The van der Waals surface area contributed by atoms with Crippen LogP contribution in [0.2, 0.25) is 5.02 Å². The maximum Gasteiger partial charge on any atom is 0.408 e. The molecule has 4 fully saturated rings. The molecule has 0 spiro atoms. The quantitative estimate of drug-likeness (QED) is 0.170. The number of benzene rings is 2. The van der Waals surface area contributed by atoms with Crippen LogP contribution in [-0.4, -0.2) is 82.5 Å². The van der Waals surface area contributed by atoms with Crippen molar-refractivity contribution >= 4 is 47.8 Å². The van der Waals surface area contributed by atoms with Crippen molar-refractivity contribution in [3.05, 3.63) is 58.6 Å². The van der Waals surface area contributed by atoms with E-state index >= 15 is 0 Å². The lowest BCUT2D eigenvalue weighted by Gasteiger charge is -2.31. The summed E-state index contributed by atoms with van der Waals surface area (Å²) in [6.07, 6.45) is 5.45. The van der Waals surface area contributed by atoms with Gasteiger partial charge in [-0.25, -0.2) is 18.6 Å². The van der Waals surface area contributed by atoms with Crippen molar-refractivity contribution in [3.8, 4) is 17.4 Å². The minimum atomic E-state index is -4.53. The highest BCUT2D eigenvalue weighted by molar-refractivity contribution is 7.59. The van der Waals surface area contributed by atoms with E-state index in [0.29, 0.717) is 54.7 Å². The molecule has 2 aliphatic carbocycles. The maximum absolute atomic E-state index is 14.9. The third-order valence-electron chi connectivity index (χ3n) is 12.2. The van der Waals surface area contributed by atoms with Crippen LogP contribution in [0.4, 0.5) is 13.6 Å². The van der Waals surface area contributed by atoms with Crippen LogP contribution in [0, 0.1) is 17.6 Å². The fourth-order valence-corrected chi connectivity index (χ4v) is 11.7. The first-order chi connectivity index (χ1) is 28.3. The van der Waals surface area contributed by atoms with Crippen molar-refractivity contribution in [2.24, 2.45) is 5.92 Å². The molecule has 2 aliphatic heterocycles. The average molecular weight is 861 g/mol. The molecular weight excluding hydrogens is 809 g/mol. The number of carbonyl (C=O) groups is 3. The van der Waals surface area contributed by atoms with Gasteiger partial charge in [-0.1, -0.05) is 49.8 Å². The normalized spacial score (nSPS) is 26.4. The standard InChI is InChI=1S/C42H52ClF2N4O9P/c1-3-56-36-21-35(28-18-19-34(55-2)37(43)38(28)47-36)57-27-20-33-39(50)48-42(59(53,54)24-29-30(44)15-11-16-31(29)45)22-25(42)12-7-5-4-6-8-17-32(40(51)49(33)23-27)46-41(52)58-26-13-9-10-14-26/h11,15-16,18-19,21,25-27,32-33H,3-10,12-14,17,20,22-24H2,1-2H3,(H,46,52)(H,48,50)(H,53,54)/t25-,27?,32+,33+,42+/m1/s1. The molecule has 7 rings (SSSR count). The van der Waals surface area contributed by atoms with Gasteiger partial charge in [0.25, 0.3) is 0 Å². The van der Waals surface area contributed by atoms with Gasteiger partial charge in [0, 0.05) is 23.4 Å². The second-order valence-corrected chi connectivity index (χ2v) is 19.0. The Hall–Kier alpha value is -4.20. The van der Waals surface area contributed by atoms with E-state index in [1.54, 1.807) is 25.1 Å². The third-order valence-corrected chi connectivity index (χ3v) is 15.2. The zero-order valence-corrected chi connectivity index (χ0v) is 35.0. The topological polar surface area (TPSA) is 166 Å². The average Bonchev–Trinajstić information content (AvgIpc) is 3.47. The molecule has 3 aromatic rings. The Balaban J connectivity index is 1.22. The van der Waals surface area contributed by atoms with E-state index in [2.05, 4.69) is 15.6 Å². The number of pyridine rings is 1. The Morgan fingerprint density at radius 1 is 1.02 bits per heavy atom. The summed E-state index contributed by atoms with van der Waals surface area (Å²) in [6.45, 7) is 2.01. The summed E-state index contributed by atoms with van der Waals surface area (Å²) in [6, 6.07) is 5.99. The molecule has 1 aromatic heterocycles. The highest BCUT2D eigenvalue weighted by Crippen LogP contribution is 2.71. The molecule has 2 unspecified atom stereocenters. The Morgan fingerprint density at radius 3 is 2.42 bits per heavy atom. The van der Waals surface area contributed by atoms with Gasteiger partial charge in [-0.15, -0.1) is 0 Å². The summed E-state index contributed by atoms with van der Waals surface area (Å²) in [4.78, 5) is 60.2. The Labute approximate surface area is 347 Å².